The van der Waals surface area contributed by atoms with Crippen LogP contribution in [0.1, 0.15) is 0 Å². The summed E-state index contributed by atoms with van der Waals surface area (Å²) in [6.07, 6.45) is 0. The lowest BCUT2D eigenvalue weighted by molar-refractivity contribution is 0.766. The summed E-state index contributed by atoms with van der Waals surface area (Å²) in [5.74, 6) is 1.88. The van der Waals surface area contributed by atoms with Gasteiger partial charge < -0.3 is 0 Å². The molecule has 7 nitrogen and oxygen atoms in total. The third kappa shape index (κ3) is 6.27. The topological polar surface area (TPSA) is 82.3 Å². The molecule has 11 aromatic rings. The normalized spacial score (nSPS) is 11.4. The molecule has 0 aliphatic carbocycles. The quantitative estimate of drug-likeness (QED) is 0.151. The van der Waals surface area contributed by atoms with Gasteiger partial charge in [0.05, 0.1) is 16.9 Å². The zero-order valence-electron chi connectivity index (χ0n) is 31.7. The van der Waals surface area contributed by atoms with E-state index >= 15 is 0 Å². The molecule has 0 aliphatic rings. The largest absolute Gasteiger partial charge is 0.247 e. The highest BCUT2D eigenvalue weighted by Gasteiger charge is 2.21. The Hall–Kier alpha value is -8.16. The number of hydrogen-bond donors (Lipinski definition) is 0. The van der Waals surface area contributed by atoms with Crippen molar-refractivity contribution in [2.45, 2.75) is 0 Å². The van der Waals surface area contributed by atoms with Gasteiger partial charge in [0.2, 0.25) is 0 Å². The van der Waals surface area contributed by atoms with Gasteiger partial charge in [-0.2, -0.15) is 4.80 Å². The number of hydrogen-bond acceptors (Lipinski definition) is 6. The second-order valence-corrected chi connectivity index (χ2v) is 14.4. The summed E-state index contributed by atoms with van der Waals surface area (Å²) in [5.41, 5.74) is 12.3. The van der Waals surface area contributed by atoms with Crippen LogP contribution in [-0.2, 0) is 0 Å². The first-order chi connectivity index (χ1) is 29.2. The van der Waals surface area contributed by atoms with E-state index in [9.17, 15) is 0 Å². The molecule has 0 saturated carbocycles. The fraction of sp³-hybridized carbons (Fsp3) is 0. The number of para-hydroxylation sites is 1. The smallest absolute Gasteiger partial charge is 0.164 e. The molecule has 0 bridgehead atoms. The van der Waals surface area contributed by atoms with Gasteiger partial charge >= 0.3 is 0 Å². The van der Waals surface area contributed by atoms with Gasteiger partial charge in [-0.3, -0.25) is 0 Å². The third-order valence-electron chi connectivity index (χ3n) is 10.7. The van der Waals surface area contributed by atoms with E-state index in [2.05, 4.69) is 97.1 Å². The van der Waals surface area contributed by atoms with E-state index < -0.39 is 0 Å². The average molecular weight is 756 g/mol. The van der Waals surface area contributed by atoms with Crippen molar-refractivity contribution in [1.29, 1.82) is 0 Å². The molecule has 11 rings (SSSR count). The Morgan fingerprint density at radius 3 is 1.36 bits per heavy atom. The van der Waals surface area contributed by atoms with E-state index in [1.807, 2.05) is 103 Å². The predicted octanol–water partition coefficient (Wildman–Crippen LogP) is 12.3. The maximum atomic E-state index is 5.36. The van der Waals surface area contributed by atoms with E-state index in [1.165, 1.54) is 0 Å². The molecule has 0 saturated heterocycles. The van der Waals surface area contributed by atoms with Crippen LogP contribution in [0, 0.1) is 0 Å². The molecule has 276 valence electrons. The Kier molecular flexibility index (Phi) is 8.33. The number of nitrogens with zero attached hydrogens (tertiary/aromatic N) is 7. The lowest BCUT2D eigenvalue weighted by Gasteiger charge is -2.14. The monoisotopic (exact) mass is 755 g/mol. The van der Waals surface area contributed by atoms with Gasteiger partial charge in [0.1, 0.15) is 11.0 Å². The number of aromatic nitrogens is 7. The van der Waals surface area contributed by atoms with Crippen LogP contribution in [0.3, 0.4) is 0 Å². The van der Waals surface area contributed by atoms with Crippen LogP contribution >= 0.6 is 0 Å². The Labute approximate surface area is 340 Å². The average Bonchev–Trinajstić information content (AvgIpc) is 3.78. The lowest BCUT2D eigenvalue weighted by atomic mass is 9.93. The Balaban J connectivity index is 1.10. The van der Waals surface area contributed by atoms with E-state index in [1.54, 1.807) is 4.80 Å². The zero-order valence-corrected chi connectivity index (χ0v) is 31.7. The van der Waals surface area contributed by atoms with E-state index in [4.69, 9.17) is 30.1 Å². The van der Waals surface area contributed by atoms with Crippen LogP contribution in [0.2, 0.25) is 0 Å². The molecule has 3 aromatic heterocycles. The SMILES string of the molecule is c1ccc(-c2nc(-c3ccccc3)nc(-c3ccc(-c4ccc5nc(-c6ccccc6)c6cc(-c7ccccc7)c7nn(-c8ccccc8)nc7c6c5c4)cc3)n2)cc1. The van der Waals surface area contributed by atoms with Crippen molar-refractivity contribution in [3.63, 3.8) is 0 Å². The molecule has 3 heterocycles. The molecule has 8 aromatic carbocycles. The molecule has 0 spiro atoms. The second-order valence-electron chi connectivity index (χ2n) is 14.4. The predicted molar refractivity (Wildman–Crippen MR) is 238 cm³/mol. The Morgan fingerprint density at radius 2 is 0.780 bits per heavy atom. The van der Waals surface area contributed by atoms with Gasteiger partial charge in [0, 0.05) is 44.0 Å². The summed E-state index contributed by atoms with van der Waals surface area (Å²) in [6, 6.07) is 68.2. The minimum atomic E-state index is 0.615. The molecule has 0 amide bonds. The molecule has 0 radical (unpaired) electrons. The van der Waals surface area contributed by atoms with Gasteiger partial charge in [-0.15, -0.1) is 10.2 Å². The van der Waals surface area contributed by atoms with Crippen molar-refractivity contribution in [2.75, 3.05) is 0 Å². The lowest BCUT2D eigenvalue weighted by Crippen LogP contribution is -2.00. The summed E-state index contributed by atoms with van der Waals surface area (Å²) >= 11 is 0. The van der Waals surface area contributed by atoms with E-state index in [0.717, 1.165) is 88.6 Å². The highest BCUT2D eigenvalue weighted by Crippen LogP contribution is 2.42. The standard InChI is InChI=1S/C52H33N7/c1-6-16-35(17-7-1)42-33-44-46(49-48(42)57-59(58-49)41-24-14-5-15-25-41)43-32-40(30-31-45(43)53-47(44)36-18-8-2-9-19-36)34-26-28-39(29-27-34)52-55-50(37-20-10-3-11-21-37)54-51(56-52)38-22-12-4-13-23-38/h1-33H. The maximum absolute atomic E-state index is 5.36. The second kappa shape index (κ2) is 14.4. The van der Waals surface area contributed by atoms with Crippen molar-refractivity contribution in [2.24, 2.45) is 0 Å². The highest BCUT2D eigenvalue weighted by molar-refractivity contribution is 6.23. The molecule has 0 N–H and O–H groups in total. The summed E-state index contributed by atoms with van der Waals surface area (Å²) in [6.45, 7) is 0. The fourth-order valence-corrected chi connectivity index (χ4v) is 7.80. The molecule has 0 unspecified atom stereocenters. The zero-order chi connectivity index (χ0) is 39.1. The van der Waals surface area contributed by atoms with Gasteiger partial charge in [0.25, 0.3) is 0 Å². The highest BCUT2D eigenvalue weighted by atomic mass is 15.5. The molecule has 0 atom stereocenters. The number of rotatable bonds is 7. The first-order valence-corrected chi connectivity index (χ1v) is 19.5. The van der Waals surface area contributed by atoms with Crippen molar-refractivity contribution < 1.29 is 0 Å². The number of fused-ring (bicyclic) bond motifs is 5. The third-order valence-corrected chi connectivity index (χ3v) is 10.7. The molecule has 0 fully saturated rings. The first kappa shape index (κ1) is 34.1. The van der Waals surface area contributed by atoms with Crippen LogP contribution < -0.4 is 0 Å². The van der Waals surface area contributed by atoms with E-state index in [-0.39, 0.29) is 0 Å². The molecular formula is C52H33N7. The molecule has 0 aliphatic heterocycles. The van der Waals surface area contributed by atoms with E-state index in [0.29, 0.717) is 17.5 Å². The van der Waals surface area contributed by atoms with Crippen LogP contribution in [0.25, 0.3) is 106 Å². The van der Waals surface area contributed by atoms with Crippen LogP contribution in [0.4, 0.5) is 0 Å². The minimum Gasteiger partial charge on any atom is -0.247 e. The van der Waals surface area contributed by atoms with Crippen molar-refractivity contribution in [3.05, 3.63) is 200 Å². The number of pyridine rings is 1. The van der Waals surface area contributed by atoms with Gasteiger partial charge in [0.15, 0.2) is 17.5 Å². The van der Waals surface area contributed by atoms with Crippen molar-refractivity contribution in [1.82, 2.24) is 34.9 Å². The summed E-state index contributed by atoms with van der Waals surface area (Å²) < 4.78 is 0. The fourth-order valence-electron chi connectivity index (χ4n) is 7.80. The first-order valence-electron chi connectivity index (χ1n) is 19.5. The van der Waals surface area contributed by atoms with Gasteiger partial charge in [-0.05, 0) is 47.0 Å². The van der Waals surface area contributed by atoms with Gasteiger partial charge in [-0.1, -0.05) is 170 Å². The van der Waals surface area contributed by atoms with Crippen molar-refractivity contribution in [3.8, 4) is 73.4 Å². The summed E-state index contributed by atoms with van der Waals surface area (Å²) in [7, 11) is 0. The van der Waals surface area contributed by atoms with Crippen LogP contribution in [-0.4, -0.2) is 34.9 Å². The van der Waals surface area contributed by atoms with Crippen LogP contribution in [0.5, 0.6) is 0 Å². The molecular weight excluding hydrogens is 723 g/mol. The molecule has 7 heteroatoms. The van der Waals surface area contributed by atoms with Crippen molar-refractivity contribution >= 4 is 32.7 Å². The Bertz CT molecular complexity index is 3220. The minimum absolute atomic E-state index is 0.615. The van der Waals surface area contributed by atoms with Gasteiger partial charge in [-0.25, -0.2) is 19.9 Å². The summed E-state index contributed by atoms with van der Waals surface area (Å²) in [5, 5.41) is 13.4. The maximum Gasteiger partial charge on any atom is 0.164 e. The number of benzene rings is 8. The summed E-state index contributed by atoms with van der Waals surface area (Å²) in [4.78, 5) is 21.9. The Morgan fingerprint density at radius 1 is 0.322 bits per heavy atom. The van der Waals surface area contributed by atoms with Crippen LogP contribution in [0.15, 0.2) is 200 Å². The molecule has 59 heavy (non-hydrogen) atoms.